The van der Waals surface area contributed by atoms with Crippen molar-refractivity contribution in [3.05, 3.63) is 0 Å². The van der Waals surface area contributed by atoms with Crippen molar-refractivity contribution in [1.29, 1.82) is 0 Å². The van der Waals surface area contributed by atoms with Gasteiger partial charge in [-0.1, -0.05) is 20.8 Å². The third-order valence-electron chi connectivity index (χ3n) is 2.71. The molecule has 0 aromatic carbocycles. The zero-order valence-corrected chi connectivity index (χ0v) is 7.41. The van der Waals surface area contributed by atoms with Gasteiger partial charge in [0, 0.05) is 5.54 Å². The molecule has 0 aliphatic heterocycles. The van der Waals surface area contributed by atoms with Gasteiger partial charge in [-0.3, -0.25) is 0 Å². The molecule has 0 bridgehead atoms. The first kappa shape index (κ1) is 8.06. The Morgan fingerprint density at radius 1 is 1.40 bits per heavy atom. The maximum absolute atomic E-state index is 3.58. The van der Waals surface area contributed by atoms with E-state index in [1.54, 1.807) is 0 Å². The minimum Gasteiger partial charge on any atom is -0.312 e. The summed E-state index contributed by atoms with van der Waals surface area (Å²) in [6.45, 7) is 7.95. The van der Waals surface area contributed by atoms with Crippen LogP contribution in [0.15, 0.2) is 0 Å². The van der Waals surface area contributed by atoms with E-state index in [9.17, 15) is 0 Å². The van der Waals surface area contributed by atoms with E-state index in [1.165, 1.54) is 19.3 Å². The topological polar surface area (TPSA) is 12.0 Å². The number of hydrogen-bond acceptors (Lipinski definition) is 1. The van der Waals surface area contributed by atoms with Crippen LogP contribution in [0.1, 0.15) is 40.0 Å². The average Bonchev–Trinajstić information content (AvgIpc) is 1.84. The van der Waals surface area contributed by atoms with E-state index in [0.29, 0.717) is 5.54 Å². The quantitative estimate of drug-likeness (QED) is 0.635. The van der Waals surface area contributed by atoms with E-state index < -0.39 is 0 Å². The van der Waals surface area contributed by atoms with Crippen LogP contribution in [-0.2, 0) is 0 Å². The highest BCUT2D eigenvalue weighted by molar-refractivity contribution is 4.97. The number of hydrogen-bond donors (Lipinski definition) is 1. The zero-order chi connectivity index (χ0) is 7.61. The fourth-order valence-corrected chi connectivity index (χ4v) is 2.21. The van der Waals surface area contributed by atoms with Gasteiger partial charge in [0.2, 0.25) is 0 Å². The summed E-state index contributed by atoms with van der Waals surface area (Å²) in [5.41, 5.74) is 0.536. The highest BCUT2D eigenvalue weighted by atomic mass is 15.0. The predicted molar refractivity (Wildman–Crippen MR) is 45.1 cm³/mol. The van der Waals surface area contributed by atoms with Crippen LogP contribution in [-0.4, -0.2) is 12.1 Å². The largest absolute Gasteiger partial charge is 0.312 e. The van der Waals surface area contributed by atoms with Crippen molar-refractivity contribution in [3.63, 3.8) is 0 Å². The summed E-state index contributed by atoms with van der Waals surface area (Å²) in [4.78, 5) is 0. The molecule has 1 aliphatic rings. The van der Waals surface area contributed by atoms with Crippen LogP contribution in [0.4, 0.5) is 0 Å². The number of rotatable bonds is 3. The maximum Gasteiger partial charge on any atom is 0.0183 e. The van der Waals surface area contributed by atoms with E-state index in [-0.39, 0.29) is 0 Å². The normalized spacial score (nSPS) is 39.3. The number of nitrogens with one attached hydrogen (secondary N) is 1. The van der Waals surface area contributed by atoms with Gasteiger partial charge in [-0.05, 0) is 31.7 Å². The van der Waals surface area contributed by atoms with Crippen LogP contribution < -0.4 is 5.32 Å². The smallest absolute Gasteiger partial charge is 0.0183 e. The van der Waals surface area contributed by atoms with Crippen LogP contribution in [0.25, 0.3) is 0 Å². The van der Waals surface area contributed by atoms with Crippen molar-refractivity contribution in [2.45, 2.75) is 45.6 Å². The molecule has 0 radical (unpaired) electrons. The molecule has 0 saturated heterocycles. The first-order valence-corrected chi connectivity index (χ1v) is 4.47. The lowest BCUT2D eigenvalue weighted by molar-refractivity contribution is 0.113. The molecule has 1 N–H and O–H groups in total. The second kappa shape index (κ2) is 2.91. The highest BCUT2D eigenvalue weighted by Crippen LogP contribution is 2.39. The summed E-state index contributed by atoms with van der Waals surface area (Å²) in [5.74, 6) is 0.957. The summed E-state index contributed by atoms with van der Waals surface area (Å²) in [7, 11) is 0. The van der Waals surface area contributed by atoms with Gasteiger partial charge < -0.3 is 5.32 Å². The third-order valence-corrected chi connectivity index (χ3v) is 2.71. The van der Waals surface area contributed by atoms with Crippen molar-refractivity contribution < 1.29 is 0 Å². The Morgan fingerprint density at radius 3 is 2.30 bits per heavy atom. The van der Waals surface area contributed by atoms with Gasteiger partial charge in [-0.2, -0.15) is 0 Å². The van der Waals surface area contributed by atoms with Crippen LogP contribution in [0.5, 0.6) is 0 Å². The minimum absolute atomic E-state index is 0.536. The molecule has 1 nitrogen and oxygen atoms in total. The molecule has 1 saturated carbocycles. The fraction of sp³-hybridized carbons (Fsp3) is 1.00. The third kappa shape index (κ3) is 1.34. The lowest BCUT2D eigenvalue weighted by Gasteiger charge is -2.47. The van der Waals surface area contributed by atoms with E-state index in [1.807, 2.05) is 0 Å². The van der Waals surface area contributed by atoms with Crippen LogP contribution in [0.3, 0.4) is 0 Å². The molecule has 0 amide bonds. The van der Waals surface area contributed by atoms with E-state index in [4.69, 9.17) is 0 Å². The first-order chi connectivity index (χ1) is 4.72. The SMILES string of the molecule is CCNC1(CC)CC(C)C1. The summed E-state index contributed by atoms with van der Waals surface area (Å²) < 4.78 is 0. The molecule has 0 atom stereocenters. The average molecular weight is 141 g/mol. The molecule has 60 valence electrons. The van der Waals surface area contributed by atoms with E-state index in [0.717, 1.165) is 12.5 Å². The van der Waals surface area contributed by atoms with E-state index >= 15 is 0 Å². The molecular weight excluding hydrogens is 122 g/mol. The van der Waals surface area contributed by atoms with Gasteiger partial charge in [-0.15, -0.1) is 0 Å². The molecule has 0 heterocycles. The minimum atomic E-state index is 0.536. The Bertz CT molecular complexity index is 97.8. The van der Waals surface area contributed by atoms with Crippen LogP contribution >= 0.6 is 0 Å². The Hall–Kier alpha value is -0.0400. The van der Waals surface area contributed by atoms with Crippen molar-refractivity contribution in [1.82, 2.24) is 5.32 Å². The van der Waals surface area contributed by atoms with Gasteiger partial charge in [0.05, 0.1) is 0 Å². The van der Waals surface area contributed by atoms with Gasteiger partial charge in [0.15, 0.2) is 0 Å². The standard InChI is InChI=1S/C9H19N/c1-4-9(10-5-2)6-8(3)7-9/h8,10H,4-7H2,1-3H3. The molecular formula is C9H19N. The summed E-state index contributed by atoms with van der Waals surface area (Å²) in [6.07, 6.45) is 4.07. The summed E-state index contributed by atoms with van der Waals surface area (Å²) in [6, 6.07) is 0. The van der Waals surface area contributed by atoms with Gasteiger partial charge in [0.25, 0.3) is 0 Å². The molecule has 1 heteroatoms. The first-order valence-electron chi connectivity index (χ1n) is 4.47. The highest BCUT2D eigenvalue weighted by Gasteiger charge is 2.39. The molecule has 1 aliphatic carbocycles. The summed E-state index contributed by atoms with van der Waals surface area (Å²) >= 11 is 0. The van der Waals surface area contributed by atoms with Crippen molar-refractivity contribution in [2.24, 2.45) is 5.92 Å². The molecule has 0 unspecified atom stereocenters. The van der Waals surface area contributed by atoms with Crippen LogP contribution in [0.2, 0.25) is 0 Å². The maximum atomic E-state index is 3.58. The molecule has 1 rings (SSSR count). The Balaban J connectivity index is 2.32. The van der Waals surface area contributed by atoms with Gasteiger partial charge >= 0.3 is 0 Å². The molecule has 0 spiro atoms. The molecule has 1 fully saturated rings. The Morgan fingerprint density at radius 2 is 2.00 bits per heavy atom. The lowest BCUT2D eigenvalue weighted by atomic mass is 9.68. The summed E-state index contributed by atoms with van der Waals surface area (Å²) in [5, 5.41) is 3.58. The zero-order valence-electron chi connectivity index (χ0n) is 7.41. The predicted octanol–water partition coefficient (Wildman–Crippen LogP) is 2.17. The van der Waals surface area contributed by atoms with E-state index in [2.05, 4.69) is 26.1 Å². The van der Waals surface area contributed by atoms with Gasteiger partial charge in [0.1, 0.15) is 0 Å². The van der Waals surface area contributed by atoms with Crippen molar-refractivity contribution in [3.8, 4) is 0 Å². The second-order valence-corrected chi connectivity index (χ2v) is 3.68. The molecule has 10 heavy (non-hydrogen) atoms. The van der Waals surface area contributed by atoms with Crippen LogP contribution in [0, 0.1) is 5.92 Å². The lowest BCUT2D eigenvalue weighted by Crippen LogP contribution is -2.54. The molecule has 0 aromatic heterocycles. The second-order valence-electron chi connectivity index (χ2n) is 3.68. The Labute approximate surface area is 64.2 Å². The monoisotopic (exact) mass is 141 g/mol. The van der Waals surface area contributed by atoms with Gasteiger partial charge in [-0.25, -0.2) is 0 Å². The fourth-order valence-electron chi connectivity index (χ4n) is 2.21. The molecule has 0 aromatic rings. The van der Waals surface area contributed by atoms with Crippen molar-refractivity contribution in [2.75, 3.05) is 6.54 Å². The Kier molecular flexibility index (Phi) is 2.35. The van der Waals surface area contributed by atoms with Crippen molar-refractivity contribution >= 4 is 0 Å².